The molecule has 128 valence electrons. The van der Waals surface area contributed by atoms with Crippen LogP contribution in [-0.2, 0) is 13.0 Å². The van der Waals surface area contributed by atoms with E-state index in [1.807, 2.05) is 24.3 Å². The number of nitrogens with zero attached hydrogens (tertiary/aromatic N) is 4. The molecule has 0 aliphatic rings. The molecule has 7 heteroatoms. The third-order valence-electron chi connectivity index (χ3n) is 3.83. The fraction of sp³-hybridized carbons (Fsp3) is 0.222. The highest BCUT2D eigenvalue weighted by atomic mass is 35.5. The maximum Gasteiger partial charge on any atom is 0.204 e. The molecule has 0 unspecified atom stereocenters. The average Bonchev–Trinajstić information content (AvgIpc) is 3.10. The van der Waals surface area contributed by atoms with Gasteiger partial charge in [0, 0.05) is 11.1 Å². The summed E-state index contributed by atoms with van der Waals surface area (Å²) in [6, 6.07) is 12.8. The summed E-state index contributed by atoms with van der Waals surface area (Å²) in [6.45, 7) is 2.09. The quantitative estimate of drug-likeness (QED) is 0.633. The van der Waals surface area contributed by atoms with Crippen LogP contribution in [0.5, 0.6) is 5.75 Å². The zero-order valence-corrected chi connectivity index (χ0v) is 14.7. The molecule has 0 fully saturated rings. The molecule has 6 nitrogen and oxygen atoms in total. The number of Topliss-reactive ketones (excluding diaryl/α,β-unsaturated/α-hetero) is 1. The Morgan fingerprint density at radius 2 is 1.96 bits per heavy atom. The van der Waals surface area contributed by atoms with E-state index in [2.05, 4.69) is 22.3 Å². The van der Waals surface area contributed by atoms with Gasteiger partial charge in [0.25, 0.3) is 0 Å². The number of aromatic nitrogens is 4. The first kappa shape index (κ1) is 17.1. The summed E-state index contributed by atoms with van der Waals surface area (Å²) in [5, 5.41) is 12.6. The molecule has 0 saturated carbocycles. The molecule has 0 atom stereocenters. The highest BCUT2D eigenvalue weighted by molar-refractivity contribution is 6.32. The van der Waals surface area contributed by atoms with Crippen molar-refractivity contribution in [2.45, 2.75) is 19.9 Å². The maximum absolute atomic E-state index is 12.4. The number of tetrazole rings is 1. The average molecular weight is 357 g/mol. The van der Waals surface area contributed by atoms with E-state index < -0.39 is 0 Å². The molecule has 0 amide bonds. The molecule has 2 aromatic carbocycles. The van der Waals surface area contributed by atoms with Gasteiger partial charge in [0.1, 0.15) is 12.3 Å². The van der Waals surface area contributed by atoms with Gasteiger partial charge < -0.3 is 4.74 Å². The Labute approximate surface area is 150 Å². The van der Waals surface area contributed by atoms with E-state index >= 15 is 0 Å². The smallest absolute Gasteiger partial charge is 0.204 e. The number of carbonyl (C=O) groups is 1. The minimum Gasteiger partial charge on any atom is -0.495 e. The van der Waals surface area contributed by atoms with Gasteiger partial charge in [-0.25, -0.2) is 0 Å². The van der Waals surface area contributed by atoms with Crippen molar-refractivity contribution in [3.05, 3.63) is 58.6 Å². The van der Waals surface area contributed by atoms with Gasteiger partial charge in [-0.1, -0.05) is 42.8 Å². The van der Waals surface area contributed by atoms with Gasteiger partial charge in [0.2, 0.25) is 5.82 Å². The number of aryl methyl sites for hydroxylation is 1. The molecule has 25 heavy (non-hydrogen) atoms. The molecule has 3 rings (SSSR count). The van der Waals surface area contributed by atoms with E-state index in [-0.39, 0.29) is 12.3 Å². The normalized spacial score (nSPS) is 10.7. The minimum absolute atomic E-state index is 0.0112. The lowest BCUT2D eigenvalue weighted by molar-refractivity contribution is 0.0961. The van der Waals surface area contributed by atoms with Crippen molar-refractivity contribution in [3.63, 3.8) is 0 Å². The van der Waals surface area contributed by atoms with Crippen LogP contribution in [0.3, 0.4) is 0 Å². The summed E-state index contributed by atoms with van der Waals surface area (Å²) >= 11 is 6.06. The van der Waals surface area contributed by atoms with Crippen molar-refractivity contribution >= 4 is 17.4 Å². The number of benzene rings is 2. The van der Waals surface area contributed by atoms with Crippen molar-refractivity contribution in [3.8, 4) is 17.1 Å². The molecular weight excluding hydrogens is 340 g/mol. The van der Waals surface area contributed by atoms with E-state index in [4.69, 9.17) is 16.3 Å². The van der Waals surface area contributed by atoms with Gasteiger partial charge in [-0.05, 0) is 35.4 Å². The second kappa shape index (κ2) is 7.44. The van der Waals surface area contributed by atoms with E-state index in [9.17, 15) is 4.79 Å². The van der Waals surface area contributed by atoms with Crippen LogP contribution in [0, 0.1) is 0 Å². The molecule has 0 radical (unpaired) electrons. The second-order valence-electron chi connectivity index (χ2n) is 5.47. The van der Waals surface area contributed by atoms with Crippen LogP contribution in [0.25, 0.3) is 11.4 Å². The summed E-state index contributed by atoms with van der Waals surface area (Å²) in [5.74, 6) is 0.855. The Kier molecular flexibility index (Phi) is 5.09. The fourth-order valence-corrected chi connectivity index (χ4v) is 2.63. The molecule has 1 heterocycles. The summed E-state index contributed by atoms with van der Waals surface area (Å²) in [5.41, 5.74) is 2.57. The Morgan fingerprint density at radius 3 is 2.60 bits per heavy atom. The molecule has 0 aliphatic carbocycles. The third-order valence-corrected chi connectivity index (χ3v) is 4.13. The zero-order chi connectivity index (χ0) is 17.8. The number of halogens is 1. The van der Waals surface area contributed by atoms with Gasteiger partial charge in [-0.3, -0.25) is 4.79 Å². The van der Waals surface area contributed by atoms with Gasteiger partial charge in [0.15, 0.2) is 5.78 Å². The lowest BCUT2D eigenvalue weighted by Gasteiger charge is -2.05. The van der Waals surface area contributed by atoms with Crippen LogP contribution in [0.2, 0.25) is 5.02 Å². The zero-order valence-electron chi connectivity index (χ0n) is 13.9. The molecule has 0 bridgehead atoms. The van der Waals surface area contributed by atoms with Gasteiger partial charge in [0.05, 0.1) is 12.1 Å². The van der Waals surface area contributed by atoms with Gasteiger partial charge in [-0.2, -0.15) is 4.80 Å². The standard InChI is InChI=1S/C18H17ClN4O2/c1-3-12-4-6-13(7-5-12)18-20-22-23(21-18)11-16(24)14-8-9-17(25-2)15(19)10-14/h4-10H,3,11H2,1-2H3. The lowest BCUT2D eigenvalue weighted by atomic mass is 10.1. The van der Waals surface area contributed by atoms with Crippen molar-refractivity contribution in [2.24, 2.45) is 0 Å². The van der Waals surface area contributed by atoms with Crippen LogP contribution >= 0.6 is 11.6 Å². The Hall–Kier alpha value is -2.73. The van der Waals surface area contributed by atoms with Crippen molar-refractivity contribution < 1.29 is 9.53 Å². The van der Waals surface area contributed by atoms with Crippen LogP contribution in [-0.4, -0.2) is 33.1 Å². The SMILES string of the molecule is CCc1ccc(-c2nnn(CC(=O)c3ccc(OC)c(Cl)c3)n2)cc1. The summed E-state index contributed by atoms with van der Waals surface area (Å²) in [6.07, 6.45) is 0.972. The molecular formula is C18H17ClN4O2. The van der Waals surface area contributed by atoms with Gasteiger partial charge in [-0.15, -0.1) is 10.2 Å². The molecule has 0 N–H and O–H groups in total. The van der Waals surface area contributed by atoms with E-state index in [0.717, 1.165) is 12.0 Å². The van der Waals surface area contributed by atoms with Crippen LogP contribution in [0.15, 0.2) is 42.5 Å². The highest BCUT2D eigenvalue weighted by Crippen LogP contribution is 2.25. The largest absolute Gasteiger partial charge is 0.495 e. The lowest BCUT2D eigenvalue weighted by Crippen LogP contribution is -2.13. The number of ether oxygens (including phenoxy) is 1. The summed E-state index contributed by atoms with van der Waals surface area (Å²) < 4.78 is 5.08. The molecule has 0 saturated heterocycles. The second-order valence-corrected chi connectivity index (χ2v) is 5.87. The van der Waals surface area contributed by atoms with Gasteiger partial charge >= 0.3 is 0 Å². The van der Waals surface area contributed by atoms with Crippen molar-refractivity contribution in [1.29, 1.82) is 0 Å². The van der Waals surface area contributed by atoms with Crippen LogP contribution in [0.4, 0.5) is 0 Å². The Morgan fingerprint density at radius 1 is 1.20 bits per heavy atom. The number of carbonyl (C=O) groups excluding carboxylic acids is 1. The van der Waals surface area contributed by atoms with E-state index in [1.165, 1.54) is 17.5 Å². The summed E-state index contributed by atoms with van der Waals surface area (Å²) in [4.78, 5) is 13.6. The first-order valence-corrected chi connectivity index (χ1v) is 8.22. The Bertz CT molecular complexity index is 890. The first-order chi connectivity index (χ1) is 12.1. The minimum atomic E-state index is -0.158. The number of ketones is 1. The number of methoxy groups -OCH3 is 1. The monoisotopic (exact) mass is 356 g/mol. The third kappa shape index (κ3) is 3.85. The summed E-state index contributed by atoms with van der Waals surface area (Å²) in [7, 11) is 1.52. The molecule has 0 aliphatic heterocycles. The highest BCUT2D eigenvalue weighted by Gasteiger charge is 2.13. The maximum atomic E-state index is 12.4. The number of rotatable bonds is 6. The van der Waals surface area contributed by atoms with Crippen LogP contribution < -0.4 is 4.74 Å². The fourth-order valence-electron chi connectivity index (χ4n) is 2.37. The first-order valence-electron chi connectivity index (χ1n) is 7.84. The predicted octanol–water partition coefficient (Wildman–Crippen LogP) is 3.45. The topological polar surface area (TPSA) is 69.9 Å². The van der Waals surface area contributed by atoms with Crippen molar-refractivity contribution in [1.82, 2.24) is 20.2 Å². The molecule has 1 aromatic heterocycles. The number of hydrogen-bond acceptors (Lipinski definition) is 5. The van der Waals surface area contributed by atoms with E-state index in [0.29, 0.717) is 22.2 Å². The molecule has 3 aromatic rings. The molecule has 0 spiro atoms. The van der Waals surface area contributed by atoms with Crippen LogP contribution in [0.1, 0.15) is 22.8 Å². The van der Waals surface area contributed by atoms with E-state index in [1.54, 1.807) is 18.2 Å². The predicted molar refractivity (Wildman–Crippen MR) is 95.0 cm³/mol. The Balaban J connectivity index is 1.74. The van der Waals surface area contributed by atoms with Crippen molar-refractivity contribution in [2.75, 3.05) is 7.11 Å². The number of hydrogen-bond donors (Lipinski definition) is 0.